The van der Waals surface area contributed by atoms with E-state index >= 15 is 0 Å². The smallest absolute Gasteiger partial charge is 0.229 e. The van der Waals surface area contributed by atoms with Crippen molar-refractivity contribution in [2.75, 3.05) is 10.9 Å². The molecule has 22 heavy (non-hydrogen) atoms. The van der Waals surface area contributed by atoms with Crippen LogP contribution in [0.25, 0.3) is 0 Å². The molecular weight excluding hydrogens is 314 g/mol. The first-order valence-electron chi connectivity index (χ1n) is 6.48. The summed E-state index contributed by atoms with van der Waals surface area (Å²) in [5.41, 5.74) is 0.513. The average Bonchev–Trinajstić information content (AvgIpc) is 2.55. The maximum Gasteiger partial charge on any atom is 0.229 e. The lowest BCUT2D eigenvalue weighted by Gasteiger charge is -2.39. The quantitative estimate of drug-likeness (QED) is 0.335. The first-order chi connectivity index (χ1) is 10.5. The van der Waals surface area contributed by atoms with Crippen molar-refractivity contribution >= 4 is 24.9 Å². The normalized spacial score (nSPS) is 31.6. The highest BCUT2D eigenvalue weighted by atomic mass is 32.1. The Morgan fingerprint density at radius 1 is 1.18 bits per heavy atom. The molecule has 1 heterocycles. The number of benzene rings is 1. The second-order valence-electron chi connectivity index (χ2n) is 4.76. The predicted molar refractivity (Wildman–Crippen MR) is 78.4 cm³/mol. The molecule has 0 saturated carbocycles. The third kappa shape index (κ3) is 3.51. The molecule has 0 spiro atoms. The number of anilines is 1. The Balaban J connectivity index is 2.07. The summed E-state index contributed by atoms with van der Waals surface area (Å²) in [6, 6.07) is 6.15. The van der Waals surface area contributed by atoms with Crippen LogP contribution in [0.2, 0.25) is 0 Å². The zero-order chi connectivity index (χ0) is 16.3. The van der Waals surface area contributed by atoms with Gasteiger partial charge in [-0.1, -0.05) is 12.8 Å². The Kier molecular flexibility index (Phi) is 5.62. The van der Waals surface area contributed by atoms with Crippen molar-refractivity contribution in [1.29, 1.82) is 0 Å². The molecule has 5 atom stereocenters. The number of amides is 1. The van der Waals surface area contributed by atoms with Crippen LogP contribution in [0, 0.1) is 0 Å². The summed E-state index contributed by atoms with van der Waals surface area (Å²) in [5, 5.41) is 38.3. The Morgan fingerprint density at radius 3 is 2.36 bits per heavy atom. The Bertz CT molecular complexity index is 498. The molecule has 1 saturated heterocycles. The van der Waals surface area contributed by atoms with Gasteiger partial charge in [-0.25, -0.2) is 0 Å². The van der Waals surface area contributed by atoms with Crippen LogP contribution in [-0.4, -0.2) is 64.1 Å². The summed E-state index contributed by atoms with van der Waals surface area (Å²) in [7, 11) is 0. The van der Waals surface area contributed by atoms with E-state index in [0.717, 1.165) is 4.31 Å². The number of hydrogen-bond acceptors (Lipinski definition) is 8. The van der Waals surface area contributed by atoms with E-state index in [4.69, 9.17) is 14.6 Å². The van der Waals surface area contributed by atoms with Crippen LogP contribution in [0.3, 0.4) is 0 Å². The largest absolute Gasteiger partial charge is 0.462 e. The molecule has 0 aliphatic carbocycles. The minimum atomic E-state index is -1.50. The SMILES string of the molecule is O=CN(S)c1ccc(O[C@@H]2O[C@H](CO)[C@@H](O)[C@H](O)[C@H]2O)cc1. The number of aliphatic hydroxyl groups excluding tert-OH is 4. The lowest BCUT2D eigenvalue weighted by atomic mass is 9.99. The number of thiol groups is 1. The van der Waals surface area contributed by atoms with Crippen molar-refractivity contribution in [2.24, 2.45) is 0 Å². The number of carbonyl (C=O) groups is 1. The highest BCUT2D eigenvalue weighted by molar-refractivity contribution is 7.82. The first-order valence-corrected chi connectivity index (χ1v) is 6.88. The van der Waals surface area contributed by atoms with Gasteiger partial charge < -0.3 is 29.9 Å². The first kappa shape index (κ1) is 17.0. The van der Waals surface area contributed by atoms with E-state index in [1.807, 2.05) is 0 Å². The van der Waals surface area contributed by atoms with Gasteiger partial charge in [0, 0.05) is 0 Å². The van der Waals surface area contributed by atoms with Crippen LogP contribution in [0.15, 0.2) is 24.3 Å². The highest BCUT2D eigenvalue weighted by Gasteiger charge is 2.44. The number of rotatable bonds is 5. The molecule has 1 amide bonds. The fourth-order valence-corrected chi connectivity index (χ4v) is 2.17. The van der Waals surface area contributed by atoms with Crippen LogP contribution < -0.4 is 9.04 Å². The van der Waals surface area contributed by atoms with E-state index in [-0.39, 0.29) is 0 Å². The van der Waals surface area contributed by atoms with Crippen molar-refractivity contribution in [3.05, 3.63) is 24.3 Å². The number of carbonyl (C=O) groups excluding carboxylic acids is 1. The molecule has 1 aromatic rings. The molecule has 0 radical (unpaired) electrons. The molecule has 0 aromatic heterocycles. The fraction of sp³-hybridized carbons (Fsp3) is 0.462. The summed E-state index contributed by atoms with van der Waals surface area (Å²) in [6.07, 6.45) is -6.18. The van der Waals surface area contributed by atoms with Gasteiger partial charge in [-0.05, 0) is 24.3 Å². The van der Waals surface area contributed by atoms with Crippen LogP contribution in [0.1, 0.15) is 0 Å². The van der Waals surface area contributed by atoms with E-state index in [2.05, 4.69) is 12.8 Å². The maximum atomic E-state index is 10.6. The Hall–Kier alpha value is -1.36. The number of nitrogens with zero attached hydrogens (tertiary/aromatic N) is 1. The third-order valence-corrected chi connectivity index (χ3v) is 3.63. The molecular formula is C13H17NO7S. The van der Waals surface area contributed by atoms with Gasteiger partial charge in [0.1, 0.15) is 30.2 Å². The van der Waals surface area contributed by atoms with E-state index in [1.165, 1.54) is 12.1 Å². The predicted octanol–water partition coefficient (Wildman–Crippen LogP) is -1.33. The molecule has 0 unspecified atom stereocenters. The van der Waals surface area contributed by atoms with Crippen LogP contribution in [-0.2, 0) is 9.53 Å². The summed E-state index contributed by atoms with van der Waals surface area (Å²) in [6.45, 7) is -0.530. The zero-order valence-corrected chi connectivity index (χ0v) is 12.3. The molecule has 122 valence electrons. The number of hydrogen-bond donors (Lipinski definition) is 5. The summed E-state index contributed by atoms with van der Waals surface area (Å²) >= 11 is 3.92. The van der Waals surface area contributed by atoms with Gasteiger partial charge in [-0.15, -0.1) is 0 Å². The van der Waals surface area contributed by atoms with Gasteiger partial charge in [0.05, 0.1) is 12.3 Å². The number of aliphatic hydroxyl groups is 4. The molecule has 4 N–H and O–H groups in total. The second-order valence-corrected chi connectivity index (χ2v) is 5.19. The van der Waals surface area contributed by atoms with E-state index in [1.54, 1.807) is 12.1 Å². The lowest BCUT2D eigenvalue weighted by Crippen LogP contribution is -2.60. The molecule has 2 rings (SSSR count). The summed E-state index contributed by atoms with van der Waals surface area (Å²) < 4.78 is 11.7. The van der Waals surface area contributed by atoms with Crippen molar-refractivity contribution in [1.82, 2.24) is 0 Å². The van der Waals surface area contributed by atoms with Crippen molar-refractivity contribution in [3.63, 3.8) is 0 Å². The number of ether oxygens (including phenoxy) is 2. The van der Waals surface area contributed by atoms with Gasteiger partial charge >= 0.3 is 0 Å². The second kappa shape index (κ2) is 7.27. The molecule has 1 fully saturated rings. The van der Waals surface area contributed by atoms with Gasteiger partial charge in [0.15, 0.2) is 0 Å². The van der Waals surface area contributed by atoms with Crippen LogP contribution in [0.4, 0.5) is 5.69 Å². The van der Waals surface area contributed by atoms with Crippen molar-refractivity contribution in [3.8, 4) is 5.75 Å². The summed E-state index contributed by atoms with van der Waals surface area (Å²) in [4.78, 5) is 10.6. The standard InChI is InChI=1S/C13H17NO7S/c15-5-9-10(17)11(18)12(19)13(21-9)20-8-3-1-7(2-4-8)14(22)6-16/h1-4,6,9-13,15,17-19,22H,5H2/t9-,10-,11+,12-,13-/m1/s1. The van der Waals surface area contributed by atoms with Crippen molar-refractivity contribution in [2.45, 2.75) is 30.7 Å². The molecule has 1 aliphatic heterocycles. The van der Waals surface area contributed by atoms with Gasteiger partial charge in [-0.2, -0.15) is 0 Å². The van der Waals surface area contributed by atoms with Gasteiger partial charge in [-0.3, -0.25) is 9.10 Å². The highest BCUT2D eigenvalue weighted by Crippen LogP contribution is 2.26. The Morgan fingerprint density at radius 2 is 1.82 bits per heavy atom. The average molecular weight is 331 g/mol. The Labute approximate surface area is 132 Å². The van der Waals surface area contributed by atoms with Crippen LogP contribution in [0.5, 0.6) is 5.75 Å². The molecule has 9 heteroatoms. The van der Waals surface area contributed by atoms with Crippen molar-refractivity contribution < 1.29 is 34.7 Å². The van der Waals surface area contributed by atoms with Gasteiger partial charge in [0.25, 0.3) is 0 Å². The fourth-order valence-electron chi connectivity index (χ4n) is 2.04. The monoisotopic (exact) mass is 331 g/mol. The zero-order valence-electron chi connectivity index (χ0n) is 11.4. The van der Waals surface area contributed by atoms with Crippen LogP contribution >= 0.6 is 12.8 Å². The lowest BCUT2D eigenvalue weighted by molar-refractivity contribution is -0.277. The molecule has 1 aliphatic rings. The molecule has 1 aromatic carbocycles. The minimum absolute atomic E-state index is 0.306. The van der Waals surface area contributed by atoms with E-state index in [0.29, 0.717) is 17.8 Å². The third-order valence-electron chi connectivity index (χ3n) is 3.30. The van der Waals surface area contributed by atoms with E-state index in [9.17, 15) is 20.1 Å². The minimum Gasteiger partial charge on any atom is -0.462 e. The summed E-state index contributed by atoms with van der Waals surface area (Å²) in [5.74, 6) is 0.306. The molecule has 8 nitrogen and oxygen atoms in total. The molecule has 0 bridgehead atoms. The topological polar surface area (TPSA) is 120 Å². The maximum absolute atomic E-state index is 10.6. The van der Waals surface area contributed by atoms with E-state index < -0.39 is 37.3 Å². The van der Waals surface area contributed by atoms with Gasteiger partial charge in [0.2, 0.25) is 12.7 Å².